The maximum absolute atomic E-state index is 10.0. The summed E-state index contributed by atoms with van der Waals surface area (Å²) in [5, 5.41) is 11.8. The van der Waals surface area contributed by atoms with E-state index in [-0.39, 0.29) is 30.8 Å². The van der Waals surface area contributed by atoms with Crippen LogP contribution in [0.1, 0.15) is 11.1 Å². The van der Waals surface area contributed by atoms with Crippen LogP contribution >= 0.6 is 0 Å². The molecule has 0 atom stereocenters. The minimum Gasteiger partial charge on any atom is 0 e. The number of fused-ring (bicyclic) bond motifs is 1. The van der Waals surface area contributed by atoms with Gasteiger partial charge in [0, 0.05) is 36.1 Å². The summed E-state index contributed by atoms with van der Waals surface area (Å²) in [6.45, 7) is 15.5. The normalized spacial score (nSPS) is 8.89. The van der Waals surface area contributed by atoms with Crippen LogP contribution in [0.15, 0.2) is 36.4 Å². The van der Waals surface area contributed by atoms with Crippen molar-refractivity contribution in [2.45, 2.75) is 13.5 Å². The molecule has 9 nitrogen and oxygen atoms in total. The Morgan fingerprint density at radius 2 is 1.39 bits per heavy atom. The number of aryl methyl sites for hydroxylation is 1. The first-order chi connectivity index (χ1) is 17.1. The molecule has 0 aliphatic heterocycles. The topological polar surface area (TPSA) is 126 Å². The zero-order valence-corrected chi connectivity index (χ0v) is 21.8. The molecule has 1 N–H and O–H groups in total. The number of aliphatic hydroxyl groups excluding tert-OH is 1. The van der Waals surface area contributed by atoms with Crippen LogP contribution in [0.25, 0.3) is 21.9 Å². The predicted octanol–water partition coefficient (Wildman–Crippen LogP) is 4.20. The van der Waals surface area contributed by atoms with Gasteiger partial charge in [0.2, 0.25) is 0 Å². The number of hydrogen-bond acceptors (Lipinski definition) is 6. The van der Waals surface area contributed by atoms with Crippen LogP contribution < -0.4 is 18.9 Å². The Morgan fingerprint density at radius 3 is 1.89 bits per heavy atom. The van der Waals surface area contributed by atoms with Crippen LogP contribution in [-0.2, 0) is 42.7 Å². The molecule has 36 heavy (non-hydrogen) atoms. The smallest absolute Gasteiger partial charge is 0 e. The largest absolute Gasteiger partial charge is 0 e. The van der Waals surface area contributed by atoms with Crippen LogP contribution in [0.2, 0.25) is 0 Å². The van der Waals surface area contributed by atoms with E-state index in [1.54, 1.807) is 28.4 Å². The molecule has 3 aromatic rings. The molecule has 0 spiro atoms. The van der Waals surface area contributed by atoms with Gasteiger partial charge in [-0.1, -0.05) is 6.07 Å². The molecule has 0 amide bonds. The third-order valence-electron chi connectivity index (χ3n) is 4.79. The van der Waals surface area contributed by atoms with Gasteiger partial charge in [-0.15, -0.1) is 0 Å². The van der Waals surface area contributed by atoms with Gasteiger partial charge in [0.25, 0.3) is 0 Å². The fraction of sp³-hybridized carbons (Fsp3) is 0.269. The van der Waals surface area contributed by atoms with E-state index >= 15 is 0 Å². The average Bonchev–Trinajstić information content (AvgIpc) is 2.93. The Kier molecular flexibility index (Phi) is 18.5. The molecule has 0 heterocycles. The number of ether oxygens (including phenoxy) is 5. The second-order valence-electron chi connectivity index (χ2n) is 6.57. The summed E-state index contributed by atoms with van der Waals surface area (Å²) in [4.78, 5) is 0. The second kappa shape index (κ2) is 19.0. The molecule has 0 aliphatic carbocycles. The number of aliphatic hydroxyl groups is 1. The van der Waals surface area contributed by atoms with Crippen molar-refractivity contribution >= 4 is 10.8 Å². The first-order valence-electron chi connectivity index (χ1n) is 9.78. The molecule has 0 fully saturated rings. The molecule has 10 heteroatoms. The molecule has 0 aromatic heterocycles. The van der Waals surface area contributed by atoms with Crippen molar-refractivity contribution in [2.75, 3.05) is 35.2 Å². The first kappa shape index (κ1) is 35.0. The summed E-state index contributed by atoms with van der Waals surface area (Å²) in [5.41, 5.74) is 3.44. The summed E-state index contributed by atoms with van der Waals surface area (Å²) >= 11 is 0. The Labute approximate surface area is 221 Å². The van der Waals surface area contributed by atoms with Crippen LogP contribution in [-0.4, -0.2) is 40.3 Å². The Balaban J connectivity index is 0. The molecular formula is C26H26CrO9. The Bertz CT molecular complexity index is 1110. The van der Waals surface area contributed by atoms with E-state index in [9.17, 15) is 5.11 Å². The van der Waals surface area contributed by atoms with Crippen LogP contribution in [0.3, 0.4) is 0 Å². The van der Waals surface area contributed by atoms with Crippen molar-refractivity contribution in [1.82, 2.24) is 0 Å². The molecule has 0 bridgehead atoms. The summed E-state index contributed by atoms with van der Waals surface area (Å²) in [7, 11) is 6.40. The predicted molar refractivity (Wildman–Crippen MR) is 124 cm³/mol. The van der Waals surface area contributed by atoms with E-state index in [4.69, 9.17) is 37.6 Å². The van der Waals surface area contributed by atoms with Gasteiger partial charge in [0.05, 0.1) is 33.3 Å². The van der Waals surface area contributed by atoms with E-state index in [0.29, 0.717) is 28.6 Å². The summed E-state index contributed by atoms with van der Waals surface area (Å²) < 4.78 is 50.0. The molecule has 0 saturated carbocycles. The molecule has 3 aromatic carbocycles. The Hall–Kier alpha value is -3.21. The maximum atomic E-state index is 10.0. The SMILES string of the molecule is COCOc1ccc(-c2c(CO)cc(OC)cc2OC)c2cc(C)cc(OC)c12.[C-]#[O+].[C-]#[O+].[C-]#[O+].[Cr]. The molecule has 0 saturated heterocycles. The van der Waals surface area contributed by atoms with Crippen LogP contribution in [0, 0.1) is 26.9 Å². The second-order valence-corrected chi connectivity index (χ2v) is 6.57. The van der Waals surface area contributed by atoms with Crippen molar-refractivity contribution in [2.24, 2.45) is 0 Å². The van der Waals surface area contributed by atoms with Gasteiger partial charge in [-0.25, -0.2) is 0 Å². The molecule has 190 valence electrons. The molecule has 0 unspecified atom stereocenters. The minimum atomic E-state index is -0.157. The maximum Gasteiger partial charge on any atom is 0 e. The van der Waals surface area contributed by atoms with Crippen molar-refractivity contribution in [1.29, 1.82) is 0 Å². The van der Waals surface area contributed by atoms with Gasteiger partial charge in [-0.3, -0.25) is 0 Å². The van der Waals surface area contributed by atoms with Gasteiger partial charge in [0.1, 0.15) is 23.0 Å². The fourth-order valence-corrected chi connectivity index (χ4v) is 3.53. The van der Waals surface area contributed by atoms with Crippen molar-refractivity contribution in [3.63, 3.8) is 0 Å². The number of rotatable bonds is 8. The zero-order valence-electron chi connectivity index (χ0n) is 20.5. The molecule has 0 radical (unpaired) electrons. The van der Waals surface area contributed by atoms with E-state index in [1.807, 2.05) is 37.3 Å². The van der Waals surface area contributed by atoms with Gasteiger partial charge in [-0.2, -0.15) is 0 Å². The van der Waals surface area contributed by atoms with Crippen molar-refractivity contribution in [3.8, 4) is 34.1 Å². The monoisotopic (exact) mass is 534 g/mol. The van der Waals surface area contributed by atoms with E-state index in [2.05, 4.69) is 26.0 Å². The minimum absolute atomic E-state index is 0. The average molecular weight is 534 g/mol. The van der Waals surface area contributed by atoms with Crippen molar-refractivity contribution in [3.05, 3.63) is 67.5 Å². The molecule has 3 rings (SSSR count). The third kappa shape index (κ3) is 8.18. The number of hydrogen-bond donors (Lipinski definition) is 1. The van der Waals surface area contributed by atoms with Crippen LogP contribution in [0.5, 0.6) is 23.0 Å². The zero-order chi connectivity index (χ0) is 27.0. The quantitative estimate of drug-likeness (QED) is 0.262. The summed E-state index contributed by atoms with van der Waals surface area (Å²) in [5.74, 6) is 2.58. The fourth-order valence-electron chi connectivity index (χ4n) is 3.53. The van der Waals surface area contributed by atoms with E-state index in [0.717, 1.165) is 27.5 Å². The first-order valence-corrected chi connectivity index (χ1v) is 9.78. The molecule has 0 aliphatic rings. The van der Waals surface area contributed by atoms with Gasteiger partial charge in [-0.05, 0) is 53.3 Å². The van der Waals surface area contributed by atoms with Gasteiger partial charge in [0.15, 0.2) is 6.79 Å². The summed E-state index contributed by atoms with van der Waals surface area (Å²) in [6.07, 6.45) is 0. The summed E-state index contributed by atoms with van der Waals surface area (Å²) in [6, 6.07) is 11.5. The Morgan fingerprint density at radius 1 is 0.778 bits per heavy atom. The van der Waals surface area contributed by atoms with E-state index < -0.39 is 0 Å². The third-order valence-corrected chi connectivity index (χ3v) is 4.79. The van der Waals surface area contributed by atoms with Crippen LogP contribution in [0.4, 0.5) is 0 Å². The molecular weight excluding hydrogens is 508 g/mol. The standard InChI is InChI=1S/C23H26O6.3CO.Cr/c1-14-8-18-17(22-15(12-24)10-16(26-3)11-21(22)28-5)6-7-19(29-13-25-2)23(18)20(9-14)27-4;3*1-2;/h6-11,24H,12-13H2,1-5H3;;;;. The number of benzene rings is 3. The van der Waals surface area contributed by atoms with Gasteiger partial charge >= 0.3 is 33.9 Å². The van der Waals surface area contributed by atoms with Crippen molar-refractivity contribution < 1.29 is 60.1 Å². The van der Waals surface area contributed by atoms with E-state index in [1.165, 1.54) is 0 Å². The van der Waals surface area contributed by atoms with Gasteiger partial charge < -0.3 is 28.8 Å². The number of methoxy groups -OCH3 is 4.